The molecule has 0 aromatic heterocycles. The molecule has 1 aliphatic heterocycles. The summed E-state index contributed by atoms with van der Waals surface area (Å²) in [4.78, 5) is 26.6. The largest absolute Gasteiger partial charge is 0.468 e. The lowest BCUT2D eigenvalue weighted by atomic mass is 9.96. The molecule has 9 heteroatoms. The lowest BCUT2D eigenvalue weighted by molar-refractivity contribution is -0.145. The lowest BCUT2D eigenvalue weighted by Crippen LogP contribution is -2.56. The molecule has 0 saturated carbocycles. The number of sulfone groups is 1. The molecule has 2 aromatic rings. The van der Waals surface area contributed by atoms with Gasteiger partial charge in [0.05, 0.1) is 12.0 Å². The Bertz CT molecular complexity index is 1080. The third-order valence-corrected chi connectivity index (χ3v) is 7.90. The number of ether oxygens (including phenoxy) is 3. The van der Waals surface area contributed by atoms with Gasteiger partial charge in [0.1, 0.15) is 17.1 Å². The van der Waals surface area contributed by atoms with Gasteiger partial charge in [-0.05, 0) is 70.0 Å². The van der Waals surface area contributed by atoms with Gasteiger partial charge in [0.25, 0.3) is 0 Å². The Hall–Kier alpha value is -3.07. The second-order valence-corrected chi connectivity index (χ2v) is 11.1. The van der Waals surface area contributed by atoms with Crippen LogP contribution in [0.15, 0.2) is 59.5 Å². The molecule has 0 N–H and O–H groups in total. The van der Waals surface area contributed by atoms with Crippen LogP contribution < -0.4 is 4.74 Å². The molecule has 178 valence electrons. The van der Waals surface area contributed by atoms with Crippen molar-refractivity contribution in [2.75, 3.05) is 20.2 Å². The second kappa shape index (κ2) is 9.43. The first-order chi connectivity index (χ1) is 15.5. The van der Waals surface area contributed by atoms with Crippen LogP contribution in [-0.2, 0) is 24.1 Å². The summed E-state index contributed by atoms with van der Waals surface area (Å²) in [6.45, 7) is 5.37. The van der Waals surface area contributed by atoms with Crippen LogP contribution in [0.5, 0.6) is 11.5 Å². The summed E-state index contributed by atoms with van der Waals surface area (Å²) in [5.74, 6) is 0.247. The number of hydrogen-bond acceptors (Lipinski definition) is 7. The summed E-state index contributed by atoms with van der Waals surface area (Å²) in [5, 5.41) is 0. The van der Waals surface area contributed by atoms with E-state index in [1.54, 1.807) is 45.0 Å². The van der Waals surface area contributed by atoms with Crippen molar-refractivity contribution in [3.8, 4) is 11.5 Å². The summed E-state index contributed by atoms with van der Waals surface area (Å²) in [5.41, 5.74) is -0.677. The predicted octanol–water partition coefficient (Wildman–Crippen LogP) is 4.20. The lowest BCUT2D eigenvalue weighted by Gasteiger charge is -2.39. The van der Waals surface area contributed by atoms with Crippen LogP contribution in [0.2, 0.25) is 0 Å². The highest BCUT2D eigenvalue weighted by Gasteiger charge is 2.54. The highest BCUT2D eigenvalue weighted by molar-refractivity contribution is 7.93. The Kier molecular flexibility index (Phi) is 7.02. The zero-order chi connectivity index (χ0) is 24.3. The number of hydrogen-bond donors (Lipinski definition) is 0. The molecule has 1 amide bonds. The molecule has 0 atom stereocenters. The summed E-state index contributed by atoms with van der Waals surface area (Å²) < 4.78 is 41.4. The van der Waals surface area contributed by atoms with Crippen LogP contribution >= 0.6 is 0 Å². The molecular weight excluding hydrogens is 446 g/mol. The number of amides is 1. The third-order valence-electron chi connectivity index (χ3n) is 5.41. The van der Waals surface area contributed by atoms with Crippen molar-refractivity contribution in [1.29, 1.82) is 0 Å². The molecule has 33 heavy (non-hydrogen) atoms. The van der Waals surface area contributed by atoms with E-state index in [0.29, 0.717) is 11.5 Å². The van der Waals surface area contributed by atoms with E-state index in [4.69, 9.17) is 14.2 Å². The van der Waals surface area contributed by atoms with Crippen LogP contribution in [0.3, 0.4) is 0 Å². The quantitative estimate of drug-likeness (QED) is 0.598. The maximum atomic E-state index is 13.6. The molecule has 8 nitrogen and oxygen atoms in total. The zero-order valence-electron chi connectivity index (χ0n) is 19.2. The number of esters is 1. The van der Waals surface area contributed by atoms with Crippen LogP contribution in [-0.4, -0.2) is 55.9 Å². The molecule has 0 aliphatic carbocycles. The van der Waals surface area contributed by atoms with E-state index in [-0.39, 0.29) is 30.8 Å². The van der Waals surface area contributed by atoms with Crippen molar-refractivity contribution in [3.05, 3.63) is 54.6 Å². The molecule has 1 saturated heterocycles. The van der Waals surface area contributed by atoms with Crippen molar-refractivity contribution in [3.63, 3.8) is 0 Å². The van der Waals surface area contributed by atoms with Gasteiger partial charge in [-0.2, -0.15) is 0 Å². The number of rotatable bonds is 5. The van der Waals surface area contributed by atoms with E-state index in [2.05, 4.69) is 0 Å². The van der Waals surface area contributed by atoms with Crippen molar-refractivity contribution >= 4 is 21.9 Å². The topological polar surface area (TPSA) is 99.2 Å². The minimum atomic E-state index is -4.12. The standard InChI is InChI=1S/C24H29NO7S/c1-23(2,3)32-22(27)25-16-14-24(15-17-25,21(26)30-4)33(28,29)20-12-10-19(11-13-20)31-18-8-6-5-7-9-18/h5-13H,14-17H2,1-4H3. The van der Waals surface area contributed by atoms with Gasteiger partial charge < -0.3 is 19.1 Å². The van der Waals surface area contributed by atoms with Gasteiger partial charge in [-0.15, -0.1) is 0 Å². The number of carbonyl (C=O) groups is 2. The first kappa shape index (κ1) is 24.6. The van der Waals surface area contributed by atoms with Crippen LogP contribution in [0.4, 0.5) is 4.79 Å². The Balaban J connectivity index is 1.82. The fourth-order valence-electron chi connectivity index (χ4n) is 3.68. The summed E-state index contributed by atoms with van der Waals surface area (Å²) >= 11 is 0. The summed E-state index contributed by atoms with van der Waals surface area (Å²) in [6.07, 6.45) is -0.728. The fourth-order valence-corrected chi connectivity index (χ4v) is 5.65. The van der Waals surface area contributed by atoms with Gasteiger partial charge in [0, 0.05) is 13.1 Å². The number of piperidine rings is 1. The van der Waals surface area contributed by atoms with E-state index >= 15 is 0 Å². The Morgan fingerprint density at radius 2 is 1.45 bits per heavy atom. The second-order valence-electron chi connectivity index (χ2n) is 8.84. The van der Waals surface area contributed by atoms with E-state index in [0.717, 1.165) is 7.11 Å². The maximum absolute atomic E-state index is 13.6. The highest BCUT2D eigenvalue weighted by atomic mass is 32.2. The van der Waals surface area contributed by atoms with E-state index < -0.39 is 32.2 Å². The van der Waals surface area contributed by atoms with Crippen LogP contribution in [0.25, 0.3) is 0 Å². The molecule has 0 radical (unpaired) electrons. The Morgan fingerprint density at radius 3 is 1.97 bits per heavy atom. The average Bonchev–Trinajstić information content (AvgIpc) is 2.78. The van der Waals surface area contributed by atoms with Gasteiger partial charge in [-0.1, -0.05) is 18.2 Å². The SMILES string of the molecule is COC(=O)C1(S(=O)(=O)c2ccc(Oc3ccccc3)cc2)CCN(C(=O)OC(C)(C)C)CC1. The Labute approximate surface area is 194 Å². The van der Waals surface area contributed by atoms with Gasteiger partial charge in [0.2, 0.25) is 0 Å². The Morgan fingerprint density at radius 1 is 0.909 bits per heavy atom. The molecule has 3 rings (SSSR count). The maximum Gasteiger partial charge on any atom is 0.410 e. The average molecular weight is 476 g/mol. The highest BCUT2D eigenvalue weighted by Crippen LogP contribution is 2.38. The number of carbonyl (C=O) groups excluding carboxylic acids is 2. The molecule has 0 unspecified atom stereocenters. The number of methoxy groups -OCH3 is 1. The van der Waals surface area contributed by atoms with E-state index in [9.17, 15) is 18.0 Å². The number of nitrogens with zero attached hydrogens (tertiary/aromatic N) is 1. The van der Waals surface area contributed by atoms with Crippen LogP contribution in [0.1, 0.15) is 33.6 Å². The summed E-state index contributed by atoms with van der Waals surface area (Å²) in [7, 11) is -2.95. The van der Waals surface area contributed by atoms with Gasteiger partial charge in [0.15, 0.2) is 14.6 Å². The van der Waals surface area contributed by atoms with Gasteiger partial charge in [-0.3, -0.25) is 4.79 Å². The number of para-hydroxylation sites is 1. The van der Waals surface area contributed by atoms with Crippen molar-refractivity contribution in [2.45, 2.75) is 48.9 Å². The molecular formula is C24H29NO7S. The monoisotopic (exact) mass is 475 g/mol. The number of likely N-dealkylation sites (tertiary alicyclic amines) is 1. The molecule has 1 heterocycles. The van der Waals surface area contributed by atoms with E-state index in [1.165, 1.54) is 17.0 Å². The molecule has 0 spiro atoms. The molecule has 2 aromatic carbocycles. The smallest absolute Gasteiger partial charge is 0.410 e. The van der Waals surface area contributed by atoms with Crippen LogP contribution in [0, 0.1) is 0 Å². The zero-order valence-corrected chi connectivity index (χ0v) is 20.1. The van der Waals surface area contributed by atoms with Gasteiger partial charge in [-0.25, -0.2) is 13.2 Å². The third kappa shape index (κ3) is 5.30. The fraction of sp³-hybridized carbons (Fsp3) is 0.417. The first-order valence-corrected chi connectivity index (χ1v) is 12.1. The molecule has 1 fully saturated rings. The minimum Gasteiger partial charge on any atom is -0.468 e. The predicted molar refractivity (Wildman–Crippen MR) is 122 cm³/mol. The summed E-state index contributed by atoms with van der Waals surface area (Å²) in [6, 6.07) is 15.0. The number of benzene rings is 2. The van der Waals surface area contributed by atoms with Crippen molar-refractivity contribution < 1.29 is 32.2 Å². The van der Waals surface area contributed by atoms with E-state index in [1.807, 2.05) is 18.2 Å². The normalized spacial score (nSPS) is 16.1. The van der Waals surface area contributed by atoms with Crippen molar-refractivity contribution in [1.82, 2.24) is 4.90 Å². The first-order valence-electron chi connectivity index (χ1n) is 10.6. The molecule has 0 bridgehead atoms. The molecule has 1 aliphatic rings. The minimum absolute atomic E-state index is 0.0148. The van der Waals surface area contributed by atoms with Gasteiger partial charge >= 0.3 is 12.1 Å². The van der Waals surface area contributed by atoms with Crippen molar-refractivity contribution in [2.24, 2.45) is 0 Å².